The van der Waals surface area contributed by atoms with Crippen molar-refractivity contribution in [2.24, 2.45) is 5.73 Å². The molecule has 3 rings (SSSR count). The summed E-state index contributed by atoms with van der Waals surface area (Å²) < 4.78 is 5.96. The van der Waals surface area contributed by atoms with Gasteiger partial charge in [-0.2, -0.15) is 0 Å². The number of rotatable bonds is 2. The molecule has 3 heterocycles. The van der Waals surface area contributed by atoms with Gasteiger partial charge in [0.05, 0.1) is 12.2 Å². The van der Waals surface area contributed by atoms with E-state index in [0.717, 1.165) is 25.4 Å². The maximum Gasteiger partial charge on any atom is 0.0568 e. The average molecular weight is 281 g/mol. The maximum atomic E-state index is 6.27. The predicted octanol–water partition coefficient (Wildman–Crippen LogP) is 1.44. The first-order valence-corrected chi connectivity index (χ1v) is 8.47. The molecule has 2 N–H and O–H groups in total. The molecule has 0 aromatic carbocycles. The van der Waals surface area contributed by atoms with E-state index in [1.165, 1.54) is 45.4 Å². The van der Waals surface area contributed by atoms with Gasteiger partial charge in [0.1, 0.15) is 0 Å². The Morgan fingerprint density at radius 2 is 1.80 bits per heavy atom. The molecule has 0 amide bonds. The average Bonchev–Trinajstić information content (AvgIpc) is 2.74. The van der Waals surface area contributed by atoms with E-state index < -0.39 is 0 Å². The Morgan fingerprint density at radius 3 is 2.50 bits per heavy atom. The SMILES string of the molecule is CC1CC(CN)(N2CCCN3CCCC3C2)CC(C)O1. The number of hydrogen-bond acceptors (Lipinski definition) is 4. The molecule has 0 radical (unpaired) electrons. The Kier molecular flexibility index (Phi) is 4.37. The Bertz CT molecular complexity index is 326. The summed E-state index contributed by atoms with van der Waals surface area (Å²) in [5, 5.41) is 0. The highest BCUT2D eigenvalue weighted by Gasteiger charge is 2.44. The molecule has 116 valence electrons. The van der Waals surface area contributed by atoms with Crippen LogP contribution in [0.2, 0.25) is 0 Å². The van der Waals surface area contributed by atoms with E-state index in [-0.39, 0.29) is 5.54 Å². The molecule has 3 atom stereocenters. The zero-order chi connectivity index (χ0) is 14.2. The fourth-order valence-corrected chi connectivity index (χ4v) is 4.84. The van der Waals surface area contributed by atoms with Gasteiger partial charge in [0.25, 0.3) is 0 Å². The van der Waals surface area contributed by atoms with Crippen LogP contribution in [0.15, 0.2) is 0 Å². The van der Waals surface area contributed by atoms with Gasteiger partial charge in [0.15, 0.2) is 0 Å². The van der Waals surface area contributed by atoms with Crippen molar-refractivity contribution in [2.45, 2.75) is 69.7 Å². The molecule has 3 unspecified atom stereocenters. The van der Waals surface area contributed by atoms with Gasteiger partial charge in [-0.1, -0.05) is 0 Å². The van der Waals surface area contributed by atoms with Crippen LogP contribution in [-0.4, -0.2) is 66.3 Å². The molecule has 3 aliphatic heterocycles. The summed E-state index contributed by atoms with van der Waals surface area (Å²) in [6.07, 6.45) is 6.92. The highest BCUT2D eigenvalue weighted by Crippen LogP contribution is 2.35. The zero-order valence-electron chi connectivity index (χ0n) is 13.2. The van der Waals surface area contributed by atoms with Crippen molar-refractivity contribution in [3.8, 4) is 0 Å². The van der Waals surface area contributed by atoms with Crippen LogP contribution in [-0.2, 0) is 4.74 Å². The minimum Gasteiger partial charge on any atom is -0.375 e. The van der Waals surface area contributed by atoms with Crippen molar-refractivity contribution in [3.05, 3.63) is 0 Å². The minimum absolute atomic E-state index is 0.176. The van der Waals surface area contributed by atoms with Crippen LogP contribution >= 0.6 is 0 Å². The van der Waals surface area contributed by atoms with Gasteiger partial charge in [-0.3, -0.25) is 9.80 Å². The lowest BCUT2D eigenvalue weighted by molar-refractivity contribution is -0.104. The van der Waals surface area contributed by atoms with E-state index in [0.29, 0.717) is 12.2 Å². The first-order chi connectivity index (χ1) is 9.63. The lowest BCUT2D eigenvalue weighted by Crippen LogP contribution is -2.61. The second kappa shape index (κ2) is 5.91. The van der Waals surface area contributed by atoms with E-state index in [1.807, 2.05) is 0 Å². The summed E-state index contributed by atoms with van der Waals surface area (Å²) in [4.78, 5) is 5.44. The lowest BCUT2D eigenvalue weighted by atomic mass is 9.82. The largest absolute Gasteiger partial charge is 0.375 e. The number of nitrogens with two attached hydrogens (primary N) is 1. The molecule has 0 spiro atoms. The fourth-order valence-electron chi connectivity index (χ4n) is 4.84. The Morgan fingerprint density at radius 1 is 1.10 bits per heavy atom. The summed E-state index contributed by atoms with van der Waals surface area (Å²) in [7, 11) is 0. The van der Waals surface area contributed by atoms with Gasteiger partial charge in [-0.25, -0.2) is 0 Å². The first-order valence-electron chi connectivity index (χ1n) is 8.47. The summed E-state index contributed by atoms with van der Waals surface area (Å²) in [6.45, 7) is 10.2. The maximum absolute atomic E-state index is 6.27. The minimum atomic E-state index is 0.176. The van der Waals surface area contributed by atoms with Gasteiger partial charge in [-0.15, -0.1) is 0 Å². The molecule has 3 aliphatic rings. The second-order valence-electron chi connectivity index (χ2n) is 7.23. The van der Waals surface area contributed by atoms with E-state index in [2.05, 4.69) is 23.6 Å². The zero-order valence-corrected chi connectivity index (χ0v) is 13.2. The number of fused-ring (bicyclic) bond motifs is 1. The Labute approximate surface area is 123 Å². The molecular formula is C16H31N3O. The topological polar surface area (TPSA) is 41.7 Å². The third kappa shape index (κ3) is 2.76. The Balaban J connectivity index is 1.77. The molecule has 3 saturated heterocycles. The second-order valence-corrected chi connectivity index (χ2v) is 7.23. The monoisotopic (exact) mass is 281 g/mol. The molecule has 4 heteroatoms. The number of hydrogen-bond donors (Lipinski definition) is 1. The van der Waals surface area contributed by atoms with Crippen LogP contribution in [0.4, 0.5) is 0 Å². The van der Waals surface area contributed by atoms with Gasteiger partial charge in [-0.05, 0) is 59.0 Å². The third-order valence-electron chi connectivity index (χ3n) is 5.65. The summed E-state index contributed by atoms with van der Waals surface area (Å²) >= 11 is 0. The summed E-state index contributed by atoms with van der Waals surface area (Å²) in [5.41, 5.74) is 6.45. The molecule has 0 aliphatic carbocycles. The van der Waals surface area contributed by atoms with Crippen molar-refractivity contribution in [1.82, 2.24) is 9.80 Å². The van der Waals surface area contributed by atoms with Crippen LogP contribution in [0.3, 0.4) is 0 Å². The van der Waals surface area contributed by atoms with Crippen molar-refractivity contribution >= 4 is 0 Å². The molecule has 20 heavy (non-hydrogen) atoms. The van der Waals surface area contributed by atoms with Crippen molar-refractivity contribution in [1.29, 1.82) is 0 Å². The van der Waals surface area contributed by atoms with Gasteiger partial charge < -0.3 is 10.5 Å². The molecule has 0 aromatic heterocycles. The number of ether oxygens (including phenoxy) is 1. The smallest absolute Gasteiger partial charge is 0.0568 e. The molecule has 0 saturated carbocycles. The van der Waals surface area contributed by atoms with Crippen LogP contribution < -0.4 is 5.73 Å². The van der Waals surface area contributed by atoms with Crippen LogP contribution in [0.25, 0.3) is 0 Å². The van der Waals surface area contributed by atoms with Crippen molar-refractivity contribution in [3.63, 3.8) is 0 Å². The Hall–Kier alpha value is -0.160. The molecular weight excluding hydrogens is 250 g/mol. The van der Waals surface area contributed by atoms with Gasteiger partial charge in [0, 0.05) is 31.2 Å². The lowest BCUT2D eigenvalue weighted by Gasteiger charge is -2.50. The molecule has 0 bridgehead atoms. The molecule has 4 nitrogen and oxygen atoms in total. The highest BCUT2D eigenvalue weighted by atomic mass is 16.5. The van der Waals surface area contributed by atoms with E-state index in [9.17, 15) is 0 Å². The highest BCUT2D eigenvalue weighted by molar-refractivity contribution is 5.00. The van der Waals surface area contributed by atoms with Gasteiger partial charge >= 0.3 is 0 Å². The van der Waals surface area contributed by atoms with Crippen LogP contribution in [0.5, 0.6) is 0 Å². The molecule has 0 aromatic rings. The predicted molar refractivity (Wildman–Crippen MR) is 81.8 cm³/mol. The number of nitrogens with zero attached hydrogens (tertiary/aromatic N) is 2. The molecule has 3 fully saturated rings. The van der Waals surface area contributed by atoms with E-state index >= 15 is 0 Å². The summed E-state index contributed by atoms with van der Waals surface area (Å²) in [5.74, 6) is 0. The normalized spacial score (nSPS) is 44.2. The van der Waals surface area contributed by atoms with Crippen molar-refractivity contribution < 1.29 is 4.74 Å². The van der Waals surface area contributed by atoms with Crippen LogP contribution in [0, 0.1) is 0 Å². The quantitative estimate of drug-likeness (QED) is 0.832. The van der Waals surface area contributed by atoms with Gasteiger partial charge in [0.2, 0.25) is 0 Å². The van der Waals surface area contributed by atoms with E-state index in [1.54, 1.807) is 0 Å². The fraction of sp³-hybridized carbons (Fsp3) is 1.00. The standard InChI is InChI=1S/C16H31N3O/c1-13-9-16(12-17,10-14(2)20-13)19-8-4-7-18-6-3-5-15(18)11-19/h13-15H,3-12,17H2,1-2H3. The van der Waals surface area contributed by atoms with E-state index in [4.69, 9.17) is 10.5 Å². The van der Waals surface area contributed by atoms with Crippen molar-refractivity contribution in [2.75, 3.05) is 32.7 Å². The first kappa shape index (κ1) is 14.8. The third-order valence-corrected chi connectivity index (χ3v) is 5.65. The summed E-state index contributed by atoms with van der Waals surface area (Å²) in [6, 6.07) is 0.773. The van der Waals surface area contributed by atoms with Crippen LogP contribution in [0.1, 0.15) is 46.0 Å².